The molecule has 2 heterocycles. The fraction of sp³-hybridized carbons (Fsp3) is 0.500. The number of hydrogen-bond acceptors (Lipinski definition) is 6. The molecule has 2 aromatic heterocycles. The molecule has 2 rings (SSSR count). The molecule has 0 spiro atoms. The number of nitrogens with zero attached hydrogens (tertiary/aromatic N) is 5. The van der Waals surface area contributed by atoms with Crippen LogP contribution >= 0.6 is 11.3 Å². The first-order valence-electron chi connectivity index (χ1n) is 6.25. The highest BCUT2D eigenvalue weighted by Gasteiger charge is 2.10. The fourth-order valence-electron chi connectivity index (χ4n) is 1.63. The van der Waals surface area contributed by atoms with Crippen molar-refractivity contribution >= 4 is 17.2 Å². The second-order valence-electron chi connectivity index (χ2n) is 4.64. The third-order valence-corrected chi connectivity index (χ3v) is 3.57. The first-order valence-corrected chi connectivity index (χ1v) is 7.13. The molecule has 1 amide bonds. The molecule has 0 saturated carbocycles. The number of likely N-dealkylation sites (N-methyl/N-ethyl adjacent to an activating group) is 1. The molecular formula is C12H18N6OS. The molecule has 20 heavy (non-hydrogen) atoms. The molecule has 0 aliphatic rings. The third kappa shape index (κ3) is 3.84. The summed E-state index contributed by atoms with van der Waals surface area (Å²) in [4.78, 5) is 17.6. The van der Waals surface area contributed by atoms with E-state index in [2.05, 4.69) is 20.6 Å². The van der Waals surface area contributed by atoms with Gasteiger partial charge in [-0.15, -0.1) is 16.4 Å². The number of rotatable bonds is 6. The minimum atomic E-state index is 0.0583. The highest BCUT2D eigenvalue weighted by molar-refractivity contribution is 7.09. The second-order valence-corrected chi connectivity index (χ2v) is 5.58. The van der Waals surface area contributed by atoms with Crippen molar-refractivity contribution in [2.24, 2.45) is 0 Å². The molecule has 0 bridgehead atoms. The Morgan fingerprint density at radius 1 is 1.45 bits per heavy atom. The van der Waals surface area contributed by atoms with E-state index in [4.69, 9.17) is 0 Å². The van der Waals surface area contributed by atoms with Gasteiger partial charge in [-0.25, -0.2) is 9.67 Å². The van der Waals surface area contributed by atoms with Gasteiger partial charge in [-0.05, 0) is 7.05 Å². The van der Waals surface area contributed by atoms with Crippen LogP contribution in [0.4, 0.5) is 0 Å². The highest BCUT2D eigenvalue weighted by atomic mass is 32.1. The normalized spacial score (nSPS) is 10.8. The summed E-state index contributed by atoms with van der Waals surface area (Å²) >= 11 is 1.50. The maximum atomic E-state index is 11.6. The van der Waals surface area contributed by atoms with E-state index in [0.717, 1.165) is 16.4 Å². The molecule has 2 aromatic rings. The van der Waals surface area contributed by atoms with Crippen LogP contribution in [0.15, 0.2) is 11.6 Å². The summed E-state index contributed by atoms with van der Waals surface area (Å²) < 4.78 is 1.75. The van der Waals surface area contributed by atoms with E-state index < -0.39 is 0 Å². The zero-order valence-electron chi connectivity index (χ0n) is 11.8. The van der Waals surface area contributed by atoms with E-state index in [1.807, 2.05) is 18.6 Å². The van der Waals surface area contributed by atoms with Crippen molar-refractivity contribution in [3.05, 3.63) is 28.0 Å². The van der Waals surface area contributed by atoms with E-state index in [1.165, 1.54) is 11.3 Å². The average molecular weight is 294 g/mol. The van der Waals surface area contributed by atoms with Crippen molar-refractivity contribution < 1.29 is 4.79 Å². The first-order chi connectivity index (χ1) is 9.58. The Balaban J connectivity index is 1.96. The molecule has 0 aliphatic carbocycles. The maximum Gasteiger partial charge on any atom is 0.228 e. The van der Waals surface area contributed by atoms with Crippen LogP contribution < -0.4 is 5.32 Å². The molecule has 0 saturated heterocycles. The fourth-order valence-corrected chi connectivity index (χ4v) is 2.41. The molecule has 8 heteroatoms. The van der Waals surface area contributed by atoms with Gasteiger partial charge in [-0.3, -0.25) is 4.79 Å². The van der Waals surface area contributed by atoms with Gasteiger partial charge in [-0.2, -0.15) is 0 Å². The Morgan fingerprint density at radius 2 is 2.25 bits per heavy atom. The summed E-state index contributed by atoms with van der Waals surface area (Å²) in [6.07, 6.45) is 2.24. The lowest BCUT2D eigenvalue weighted by Gasteiger charge is -2.07. The summed E-state index contributed by atoms with van der Waals surface area (Å²) in [7, 11) is 5.36. The number of carbonyl (C=O) groups is 1. The predicted octanol–water partition coefficient (Wildman–Crippen LogP) is 0.133. The standard InChI is InChI=1S/C12H18N6OS/c1-13-5-9-6-18(16-15-9)7-10-8-20-11(14-10)4-12(19)17(2)3/h6,8,13H,4-5,7H2,1-3H3. The Hall–Kier alpha value is -1.80. The van der Waals surface area contributed by atoms with Crippen molar-refractivity contribution in [1.29, 1.82) is 0 Å². The Morgan fingerprint density at radius 3 is 2.95 bits per heavy atom. The Labute approximate surface area is 121 Å². The minimum absolute atomic E-state index is 0.0583. The SMILES string of the molecule is CNCc1cn(Cc2csc(CC(=O)N(C)C)n2)nn1. The van der Waals surface area contributed by atoms with Gasteiger partial charge in [0.05, 0.1) is 30.6 Å². The van der Waals surface area contributed by atoms with Gasteiger partial charge in [-0.1, -0.05) is 5.21 Å². The molecule has 7 nitrogen and oxygen atoms in total. The van der Waals surface area contributed by atoms with Crippen LogP contribution in [-0.2, 0) is 24.3 Å². The number of thiazole rings is 1. The van der Waals surface area contributed by atoms with Crippen LogP contribution in [0.5, 0.6) is 0 Å². The topological polar surface area (TPSA) is 75.9 Å². The molecule has 0 aromatic carbocycles. The van der Waals surface area contributed by atoms with Crippen molar-refractivity contribution in [3.63, 3.8) is 0 Å². The largest absolute Gasteiger partial charge is 0.348 e. The summed E-state index contributed by atoms with van der Waals surface area (Å²) in [5.74, 6) is 0.0583. The van der Waals surface area contributed by atoms with Crippen LogP contribution in [0.2, 0.25) is 0 Å². The summed E-state index contributed by atoms with van der Waals surface area (Å²) in [5, 5.41) is 13.9. The maximum absolute atomic E-state index is 11.6. The minimum Gasteiger partial charge on any atom is -0.348 e. The van der Waals surface area contributed by atoms with E-state index >= 15 is 0 Å². The lowest BCUT2D eigenvalue weighted by atomic mass is 10.4. The van der Waals surface area contributed by atoms with Gasteiger partial charge >= 0.3 is 0 Å². The van der Waals surface area contributed by atoms with Gasteiger partial charge in [0.25, 0.3) is 0 Å². The van der Waals surface area contributed by atoms with Crippen molar-refractivity contribution in [2.45, 2.75) is 19.5 Å². The number of aromatic nitrogens is 4. The molecule has 0 fully saturated rings. The van der Waals surface area contributed by atoms with E-state index in [0.29, 0.717) is 19.5 Å². The van der Waals surface area contributed by atoms with Crippen LogP contribution in [0.1, 0.15) is 16.4 Å². The third-order valence-electron chi connectivity index (χ3n) is 2.67. The Bertz CT molecular complexity index is 576. The predicted molar refractivity (Wildman–Crippen MR) is 76.4 cm³/mol. The molecule has 0 unspecified atom stereocenters. The zero-order valence-corrected chi connectivity index (χ0v) is 12.6. The number of carbonyl (C=O) groups excluding carboxylic acids is 1. The van der Waals surface area contributed by atoms with Gasteiger partial charge in [0.2, 0.25) is 5.91 Å². The molecule has 0 atom stereocenters. The Kier molecular flexibility index (Phi) is 4.80. The molecule has 108 valence electrons. The van der Waals surface area contributed by atoms with Crippen molar-refractivity contribution in [1.82, 2.24) is 30.2 Å². The van der Waals surface area contributed by atoms with Gasteiger partial charge in [0, 0.05) is 26.0 Å². The summed E-state index contributed by atoms with van der Waals surface area (Å²) in [6.45, 7) is 1.27. The quantitative estimate of drug-likeness (QED) is 0.820. The van der Waals surface area contributed by atoms with Crippen molar-refractivity contribution in [3.8, 4) is 0 Å². The summed E-state index contributed by atoms with van der Waals surface area (Å²) in [6, 6.07) is 0. The molecular weight excluding hydrogens is 276 g/mol. The highest BCUT2D eigenvalue weighted by Crippen LogP contribution is 2.12. The van der Waals surface area contributed by atoms with E-state index in [1.54, 1.807) is 23.7 Å². The molecule has 0 aliphatic heterocycles. The summed E-state index contributed by atoms with van der Waals surface area (Å²) in [5.41, 5.74) is 1.79. The van der Waals surface area contributed by atoms with Crippen LogP contribution in [-0.4, -0.2) is 51.9 Å². The number of hydrogen-bond donors (Lipinski definition) is 1. The smallest absolute Gasteiger partial charge is 0.228 e. The van der Waals surface area contributed by atoms with Crippen molar-refractivity contribution in [2.75, 3.05) is 21.1 Å². The van der Waals surface area contributed by atoms with Crippen LogP contribution in [0.25, 0.3) is 0 Å². The molecule has 0 radical (unpaired) electrons. The van der Waals surface area contributed by atoms with Gasteiger partial charge in [0.1, 0.15) is 5.01 Å². The number of amides is 1. The van der Waals surface area contributed by atoms with Crippen LogP contribution in [0.3, 0.4) is 0 Å². The number of nitrogens with one attached hydrogen (secondary N) is 1. The lowest BCUT2D eigenvalue weighted by Crippen LogP contribution is -2.23. The monoisotopic (exact) mass is 294 g/mol. The zero-order chi connectivity index (χ0) is 14.5. The van der Waals surface area contributed by atoms with Crippen LogP contribution in [0, 0.1) is 0 Å². The molecule has 1 N–H and O–H groups in total. The van der Waals surface area contributed by atoms with Gasteiger partial charge < -0.3 is 10.2 Å². The lowest BCUT2D eigenvalue weighted by molar-refractivity contribution is -0.127. The average Bonchev–Trinajstić information content (AvgIpc) is 3.00. The first kappa shape index (κ1) is 14.6. The van der Waals surface area contributed by atoms with E-state index in [9.17, 15) is 4.79 Å². The van der Waals surface area contributed by atoms with Gasteiger partial charge in [0.15, 0.2) is 0 Å². The second kappa shape index (κ2) is 6.58. The van der Waals surface area contributed by atoms with E-state index in [-0.39, 0.29) is 5.91 Å².